The minimum Gasteiger partial charge on any atom is -0.319 e. The first-order chi connectivity index (χ1) is 14.6. The van der Waals surface area contributed by atoms with Crippen LogP contribution in [0.3, 0.4) is 0 Å². The number of nitrogens with zero attached hydrogens (tertiary/aromatic N) is 2. The van der Waals surface area contributed by atoms with Crippen molar-refractivity contribution < 1.29 is 8.78 Å². The minimum atomic E-state index is -1.71. The summed E-state index contributed by atoms with van der Waals surface area (Å²) < 4.78 is 31.3. The summed E-state index contributed by atoms with van der Waals surface area (Å²) in [6.07, 6.45) is -3.42. The van der Waals surface area contributed by atoms with E-state index in [2.05, 4.69) is 79.7 Å². The number of hydrogen-bond acceptors (Lipinski definition) is 2. The molecule has 32 heavy (non-hydrogen) atoms. The number of halogens is 3. The Hall–Kier alpha value is -1.81. The topological polar surface area (TPSA) is 6.48 Å². The van der Waals surface area contributed by atoms with E-state index in [1.807, 2.05) is 12.1 Å². The second kappa shape index (κ2) is 10.4. The zero-order chi connectivity index (χ0) is 23.0. The zero-order valence-electron chi connectivity index (χ0n) is 20.7. The summed E-state index contributed by atoms with van der Waals surface area (Å²) >= 11 is 0. The number of para-hydroxylation sites is 2. The Bertz CT molecular complexity index is 785. The van der Waals surface area contributed by atoms with Crippen molar-refractivity contribution in [3.8, 4) is 0 Å². The highest BCUT2D eigenvalue weighted by Gasteiger charge is 2.44. The quantitative estimate of drug-likeness (QED) is 0.395. The molecule has 1 saturated heterocycles. The van der Waals surface area contributed by atoms with Gasteiger partial charge in [-0.3, -0.25) is 0 Å². The van der Waals surface area contributed by atoms with Crippen LogP contribution >= 0.6 is 12.4 Å². The molecule has 1 heterocycles. The van der Waals surface area contributed by atoms with Gasteiger partial charge in [-0.25, -0.2) is 8.78 Å². The molecule has 0 radical (unpaired) electrons. The molecule has 1 aliphatic heterocycles. The van der Waals surface area contributed by atoms with Crippen LogP contribution in [-0.2, 0) is 0 Å². The molecule has 0 bridgehead atoms. The lowest BCUT2D eigenvalue weighted by atomic mass is 9.92. The molecule has 2 aromatic carbocycles. The van der Waals surface area contributed by atoms with Crippen LogP contribution in [-0.4, -0.2) is 19.3 Å². The van der Waals surface area contributed by atoms with Gasteiger partial charge in [0, 0.05) is 11.4 Å². The van der Waals surface area contributed by atoms with Gasteiger partial charge in [-0.15, -0.1) is 12.4 Å². The van der Waals surface area contributed by atoms with Gasteiger partial charge < -0.3 is 9.80 Å². The van der Waals surface area contributed by atoms with Gasteiger partial charge in [-0.2, -0.15) is 0 Å². The summed E-state index contributed by atoms with van der Waals surface area (Å²) in [4.78, 5) is 3.30. The molecule has 178 valence electrons. The van der Waals surface area contributed by atoms with Crippen LogP contribution in [0.15, 0.2) is 36.4 Å². The Morgan fingerprint density at radius 2 is 0.844 bits per heavy atom. The van der Waals surface area contributed by atoms with Gasteiger partial charge in [0.2, 0.25) is 12.6 Å². The highest BCUT2D eigenvalue weighted by atomic mass is 35.5. The fourth-order valence-corrected chi connectivity index (χ4v) is 4.69. The third-order valence-electron chi connectivity index (χ3n) is 6.39. The lowest BCUT2D eigenvalue weighted by Gasteiger charge is -2.30. The number of rotatable bonds is 6. The number of alkyl halides is 2. The summed E-state index contributed by atoms with van der Waals surface area (Å²) in [7, 11) is 0. The fourth-order valence-electron chi connectivity index (χ4n) is 4.69. The van der Waals surface area contributed by atoms with Crippen molar-refractivity contribution in [3.05, 3.63) is 58.7 Å². The Balaban J connectivity index is 0.00000363. The van der Waals surface area contributed by atoms with Gasteiger partial charge in [0.1, 0.15) is 0 Å². The molecular weight excluding hydrogens is 426 g/mol. The van der Waals surface area contributed by atoms with Crippen LogP contribution in [0, 0.1) is 0 Å². The van der Waals surface area contributed by atoms with E-state index in [0.717, 1.165) is 33.6 Å². The first kappa shape index (κ1) is 26.4. The predicted molar refractivity (Wildman–Crippen MR) is 136 cm³/mol. The van der Waals surface area contributed by atoms with Crippen LogP contribution in [0.1, 0.15) is 101 Å². The molecule has 3 rings (SSSR count). The first-order valence-electron chi connectivity index (χ1n) is 11.6. The average molecular weight is 465 g/mol. The van der Waals surface area contributed by atoms with Gasteiger partial charge in [-0.05, 0) is 45.9 Å². The van der Waals surface area contributed by atoms with Crippen LogP contribution in [0.5, 0.6) is 0 Å². The minimum absolute atomic E-state index is 0. The molecular formula is C27H39ClF2N2. The Kier molecular flexibility index (Phi) is 8.61. The summed E-state index contributed by atoms with van der Waals surface area (Å²) in [5.41, 5.74) is 6.01. The summed E-state index contributed by atoms with van der Waals surface area (Å²) in [6.45, 7) is 17.1. The van der Waals surface area contributed by atoms with Crippen LogP contribution in [0.2, 0.25) is 0 Å². The van der Waals surface area contributed by atoms with Crippen molar-refractivity contribution in [2.45, 2.75) is 91.7 Å². The van der Waals surface area contributed by atoms with Gasteiger partial charge in [0.25, 0.3) is 0 Å². The molecule has 0 N–H and O–H groups in total. The lowest BCUT2D eigenvalue weighted by Crippen LogP contribution is -2.32. The smallest absolute Gasteiger partial charge is 0.224 e. The second-order valence-corrected chi connectivity index (χ2v) is 10.0. The predicted octanol–water partition coefficient (Wildman–Crippen LogP) is 8.48. The Morgan fingerprint density at radius 3 is 1.06 bits per heavy atom. The van der Waals surface area contributed by atoms with Gasteiger partial charge in [0.05, 0.1) is 6.67 Å². The van der Waals surface area contributed by atoms with Crippen molar-refractivity contribution >= 4 is 23.8 Å². The van der Waals surface area contributed by atoms with E-state index in [0.29, 0.717) is 0 Å². The van der Waals surface area contributed by atoms with Crippen LogP contribution in [0.4, 0.5) is 20.2 Å². The molecule has 0 aliphatic carbocycles. The summed E-state index contributed by atoms with van der Waals surface area (Å²) in [5, 5.41) is 0. The summed E-state index contributed by atoms with van der Waals surface area (Å²) in [6, 6.07) is 12.3. The molecule has 0 saturated carbocycles. The summed E-state index contributed by atoms with van der Waals surface area (Å²) in [5.74, 6) is 0.897. The number of benzene rings is 2. The highest BCUT2D eigenvalue weighted by Crippen LogP contribution is 2.44. The Morgan fingerprint density at radius 1 is 0.594 bits per heavy atom. The maximum Gasteiger partial charge on any atom is 0.224 e. The van der Waals surface area contributed by atoms with Gasteiger partial charge in [0.15, 0.2) is 0 Å². The monoisotopic (exact) mass is 464 g/mol. The molecule has 1 aliphatic rings. The maximum atomic E-state index is 15.7. The van der Waals surface area contributed by atoms with E-state index in [1.165, 1.54) is 0 Å². The fraction of sp³-hybridized carbons (Fsp3) is 0.556. The highest BCUT2D eigenvalue weighted by molar-refractivity contribution is 5.85. The number of anilines is 2. The SMILES string of the molecule is CC(C)c1cccc(C(C)C)c1N1CN(c2c(C(C)C)cccc2C(C)C)C(F)C1F.Cl. The molecule has 0 aromatic heterocycles. The van der Waals surface area contributed by atoms with E-state index in [-0.39, 0.29) is 42.7 Å². The second-order valence-electron chi connectivity index (χ2n) is 10.0. The van der Waals surface area contributed by atoms with E-state index in [1.54, 1.807) is 9.80 Å². The van der Waals surface area contributed by atoms with E-state index < -0.39 is 12.6 Å². The molecule has 0 amide bonds. The molecule has 2 unspecified atom stereocenters. The van der Waals surface area contributed by atoms with Crippen molar-refractivity contribution in [3.63, 3.8) is 0 Å². The van der Waals surface area contributed by atoms with Gasteiger partial charge in [-0.1, -0.05) is 91.8 Å². The van der Waals surface area contributed by atoms with Crippen molar-refractivity contribution in [2.24, 2.45) is 0 Å². The maximum absolute atomic E-state index is 15.7. The largest absolute Gasteiger partial charge is 0.319 e. The lowest BCUT2D eigenvalue weighted by molar-refractivity contribution is 0.200. The molecule has 2 nitrogen and oxygen atoms in total. The Labute approximate surface area is 199 Å². The van der Waals surface area contributed by atoms with E-state index in [9.17, 15) is 0 Å². The molecule has 2 atom stereocenters. The molecule has 1 fully saturated rings. The normalized spacial score (nSPS) is 18.9. The van der Waals surface area contributed by atoms with Crippen LogP contribution < -0.4 is 9.80 Å². The van der Waals surface area contributed by atoms with Crippen molar-refractivity contribution in [2.75, 3.05) is 16.5 Å². The van der Waals surface area contributed by atoms with E-state index in [4.69, 9.17) is 0 Å². The zero-order valence-corrected chi connectivity index (χ0v) is 21.5. The van der Waals surface area contributed by atoms with Crippen molar-refractivity contribution in [1.82, 2.24) is 0 Å². The van der Waals surface area contributed by atoms with Crippen molar-refractivity contribution in [1.29, 1.82) is 0 Å². The van der Waals surface area contributed by atoms with Gasteiger partial charge >= 0.3 is 0 Å². The number of hydrogen-bond donors (Lipinski definition) is 0. The average Bonchev–Trinajstić information content (AvgIpc) is 3.00. The molecule has 5 heteroatoms. The first-order valence-corrected chi connectivity index (χ1v) is 11.6. The standard InChI is InChI=1S/C27H38F2N2.ClH/c1-16(2)20-11-9-12-21(17(3)4)24(20)30-15-31(27(29)26(30)28)25-22(18(5)6)13-10-14-23(25)19(7)8;/h9-14,16-19,26-27H,15H2,1-8H3;1H. The third-order valence-corrected chi connectivity index (χ3v) is 6.39. The third kappa shape index (κ3) is 4.76. The van der Waals surface area contributed by atoms with Crippen LogP contribution in [0.25, 0.3) is 0 Å². The molecule has 2 aromatic rings. The molecule has 0 spiro atoms. The van der Waals surface area contributed by atoms with E-state index >= 15 is 8.78 Å².